The number of likely N-dealkylation sites (tertiary alicyclic amines) is 1. The van der Waals surface area contributed by atoms with E-state index in [4.69, 9.17) is 9.72 Å². The number of hydrazone groups is 1. The molecule has 3 aromatic rings. The van der Waals surface area contributed by atoms with Gasteiger partial charge in [-0.05, 0) is 24.3 Å². The van der Waals surface area contributed by atoms with Gasteiger partial charge in [-0.1, -0.05) is 30.3 Å². The van der Waals surface area contributed by atoms with Crippen LogP contribution in [0.5, 0.6) is 5.75 Å². The van der Waals surface area contributed by atoms with Crippen molar-refractivity contribution in [2.45, 2.75) is 19.8 Å². The molecular weight excluding hydrogens is 392 g/mol. The second-order valence-corrected chi connectivity index (χ2v) is 7.40. The van der Waals surface area contributed by atoms with Crippen molar-refractivity contribution in [1.29, 1.82) is 0 Å². The molecule has 1 aliphatic rings. The summed E-state index contributed by atoms with van der Waals surface area (Å²) in [5.74, 6) is 0.459. The molecule has 1 aromatic heterocycles. The van der Waals surface area contributed by atoms with E-state index < -0.39 is 0 Å². The van der Waals surface area contributed by atoms with Crippen LogP contribution in [0.1, 0.15) is 30.1 Å². The Morgan fingerprint density at radius 3 is 2.52 bits per heavy atom. The van der Waals surface area contributed by atoms with Gasteiger partial charge in [-0.2, -0.15) is 5.10 Å². The van der Waals surface area contributed by atoms with Crippen molar-refractivity contribution in [1.82, 2.24) is 15.3 Å². The third-order valence-corrected chi connectivity index (χ3v) is 5.45. The van der Waals surface area contributed by atoms with E-state index in [-0.39, 0.29) is 11.8 Å². The van der Waals surface area contributed by atoms with Gasteiger partial charge in [0.05, 0.1) is 23.9 Å². The Hall–Kier alpha value is -3.74. The molecule has 2 aromatic carbocycles. The molecule has 7 nitrogen and oxygen atoms in total. The van der Waals surface area contributed by atoms with E-state index in [2.05, 4.69) is 10.5 Å². The molecule has 0 bridgehead atoms. The summed E-state index contributed by atoms with van der Waals surface area (Å²) in [5.41, 5.74) is 6.27. The van der Waals surface area contributed by atoms with Gasteiger partial charge < -0.3 is 9.64 Å². The molecule has 7 heteroatoms. The molecule has 0 saturated carbocycles. The fourth-order valence-electron chi connectivity index (χ4n) is 3.74. The topological polar surface area (TPSA) is 83.9 Å². The number of nitrogens with zero attached hydrogens (tertiary/aromatic N) is 3. The number of pyridine rings is 1. The molecule has 0 unspecified atom stereocenters. The van der Waals surface area contributed by atoms with Gasteiger partial charge in [-0.25, -0.2) is 10.4 Å². The molecule has 0 atom stereocenters. The van der Waals surface area contributed by atoms with E-state index in [1.165, 1.54) is 0 Å². The molecule has 1 fully saturated rings. The summed E-state index contributed by atoms with van der Waals surface area (Å²) in [7, 11) is 1.61. The molecule has 0 aliphatic carbocycles. The van der Waals surface area contributed by atoms with Gasteiger partial charge in [-0.3, -0.25) is 9.59 Å². The number of piperidine rings is 1. The minimum atomic E-state index is -0.295. The smallest absolute Gasteiger partial charge is 0.272 e. The second-order valence-electron chi connectivity index (χ2n) is 7.40. The number of benzene rings is 2. The molecule has 0 radical (unpaired) electrons. The Kier molecular flexibility index (Phi) is 5.93. The lowest BCUT2D eigenvalue weighted by Gasteiger charge is -2.26. The standard InChI is InChI=1S/C24H24N4O3/c1-16(29)28-13-11-17(12-14-28)26-27-24(30)20-15-22(19-8-4-6-10-23(19)31-2)25-21-9-5-3-7-18(20)21/h3-10,15H,11-14H2,1-2H3,(H,27,30). The highest BCUT2D eigenvalue weighted by atomic mass is 16.5. The number of carbonyl (C=O) groups is 2. The highest BCUT2D eigenvalue weighted by molar-refractivity contribution is 6.07. The van der Waals surface area contributed by atoms with Crippen LogP contribution < -0.4 is 10.2 Å². The molecular formula is C24H24N4O3. The largest absolute Gasteiger partial charge is 0.496 e. The number of aromatic nitrogens is 1. The number of fused-ring (bicyclic) bond motifs is 1. The Balaban J connectivity index is 1.64. The molecule has 1 N–H and O–H groups in total. The maximum atomic E-state index is 13.1. The summed E-state index contributed by atoms with van der Waals surface area (Å²) < 4.78 is 5.47. The van der Waals surface area contributed by atoms with Crippen LogP contribution in [-0.4, -0.2) is 47.6 Å². The SMILES string of the molecule is COc1ccccc1-c1cc(C(=O)NN=C2CCN(C(C)=O)CC2)c2ccccc2n1. The van der Waals surface area contributed by atoms with Gasteiger partial charge in [0.15, 0.2) is 0 Å². The molecule has 1 aliphatic heterocycles. The van der Waals surface area contributed by atoms with Gasteiger partial charge in [0, 0.05) is 49.5 Å². The fourth-order valence-corrected chi connectivity index (χ4v) is 3.74. The minimum Gasteiger partial charge on any atom is -0.496 e. The van der Waals surface area contributed by atoms with Crippen LogP contribution in [0.2, 0.25) is 0 Å². The predicted molar refractivity (Wildman–Crippen MR) is 120 cm³/mol. The average Bonchev–Trinajstić information content (AvgIpc) is 2.82. The van der Waals surface area contributed by atoms with Crippen molar-refractivity contribution in [2.75, 3.05) is 20.2 Å². The summed E-state index contributed by atoms with van der Waals surface area (Å²) in [6, 6.07) is 16.9. The van der Waals surface area contributed by atoms with E-state index >= 15 is 0 Å². The zero-order valence-electron chi connectivity index (χ0n) is 17.6. The Bertz CT molecular complexity index is 1160. The van der Waals surface area contributed by atoms with Crippen LogP contribution in [0.15, 0.2) is 59.7 Å². The molecule has 158 valence electrons. The quantitative estimate of drug-likeness (QED) is 0.658. The van der Waals surface area contributed by atoms with Gasteiger partial charge in [0.2, 0.25) is 5.91 Å². The van der Waals surface area contributed by atoms with Crippen LogP contribution in [0.3, 0.4) is 0 Å². The van der Waals surface area contributed by atoms with Crippen LogP contribution in [0.25, 0.3) is 22.2 Å². The number of nitrogens with one attached hydrogen (secondary N) is 1. The first kappa shape index (κ1) is 20.5. The number of ether oxygens (including phenoxy) is 1. The van der Waals surface area contributed by atoms with E-state index in [1.807, 2.05) is 48.5 Å². The molecule has 2 heterocycles. The first-order valence-electron chi connectivity index (χ1n) is 10.2. The van der Waals surface area contributed by atoms with Gasteiger partial charge in [0.25, 0.3) is 5.91 Å². The number of amides is 2. The Labute approximate surface area is 180 Å². The summed E-state index contributed by atoms with van der Waals surface area (Å²) in [6.07, 6.45) is 1.31. The van der Waals surface area contributed by atoms with Crippen molar-refractivity contribution in [3.8, 4) is 17.0 Å². The molecule has 2 amide bonds. The Morgan fingerprint density at radius 2 is 1.77 bits per heavy atom. The monoisotopic (exact) mass is 416 g/mol. The number of hydrogen-bond acceptors (Lipinski definition) is 5. The van der Waals surface area contributed by atoms with Crippen molar-refractivity contribution in [3.05, 3.63) is 60.2 Å². The molecule has 1 saturated heterocycles. The van der Waals surface area contributed by atoms with Crippen molar-refractivity contribution < 1.29 is 14.3 Å². The maximum absolute atomic E-state index is 13.1. The van der Waals surface area contributed by atoms with Gasteiger partial charge >= 0.3 is 0 Å². The van der Waals surface area contributed by atoms with E-state index in [9.17, 15) is 9.59 Å². The molecule has 4 rings (SSSR count). The lowest BCUT2D eigenvalue weighted by molar-refractivity contribution is -0.128. The van der Waals surface area contributed by atoms with Crippen LogP contribution in [0.4, 0.5) is 0 Å². The number of methoxy groups -OCH3 is 1. The third-order valence-electron chi connectivity index (χ3n) is 5.45. The molecule has 31 heavy (non-hydrogen) atoms. The van der Waals surface area contributed by atoms with Crippen molar-refractivity contribution in [3.63, 3.8) is 0 Å². The van der Waals surface area contributed by atoms with Crippen LogP contribution in [-0.2, 0) is 4.79 Å². The highest BCUT2D eigenvalue weighted by Gasteiger charge is 2.18. The van der Waals surface area contributed by atoms with Gasteiger partial charge in [0.1, 0.15) is 5.75 Å². The number of carbonyl (C=O) groups excluding carboxylic acids is 2. The first-order chi connectivity index (χ1) is 15.1. The highest BCUT2D eigenvalue weighted by Crippen LogP contribution is 2.31. The predicted octanol–water partition coefficient (Wildman–Crippen LogP) is 3.64. The maximum Gasteiger partial charge on any atom is 0.272 e. The van der Waals surface area contributed by atoms with E-state index in [0.717, 1.165) is 22.2 Å². The summed E-state index contributed by atoms with van der Waals surface area (Å²) in [6.45, 7) is 2.82. The first-order valence-corrected chi connectivity index (χ1v) is 10.2. The van der Waals surface area contributed by atoms with E-state index in [0.29, 0.717) is 42.9 Å². The van der Waals surface area contributed by atoms with Crippen molar-refractivity contribution in [2.24, 2.45) is 5.10 Å². The van der Waals surface area contributed by atoms with Crippen molar-refractivity contribution >= 4 is 28.4 Å². The van der Waals surface area contributed by atoms with Gasteiger partial charge in [-0.15, -0.1) is 0 Å². The average molecular weight is 416 g/mol. The lowest BCUT2D eigenvalue weighted by Crippen LogP contribution is -2.37. The zero-order chi connectivity index (χ0) is 21.8. The second kappa shape index (κ2) is 8.95. The normalized spacial score (nSPS) is 13.7. The number of para-hydroxylation sites is 2. The minimum absolute atomic E-state index is 0.0650. The van der Waals surface area contributed by atoms with Crippen LogP contribution in [0, 0.1) is 0 Å². The summed E-state index contributed by atoms with van der Waals surface area (Å²) >= 11 is 0. The summed E-state index contributed by atoms with van der Waals surface area (Å²) in [5, 5.41) is 5.09. The van der Waals surface area contributed by atoms with E-state index in [1.54, 1.807) is 25.0 Å². The lowest BCUT2D eigenvalue weighted by atomic mass is 10.0. The third kappa shape index (κ3) is 4.40. The Morgan fingerprint density at radius 1 is 1.06 bits per heavy atom. The zero-order valence-corrected chi connectivity index (χ0v) is 17.6. The van der Waals surface area contributed by atoms with Crippen LogP contribution >= 0.6 is 0 Å². The number of hydrogen-bond donors (Lipinski definition) is 1. The fraction of sp³-hybridized carbons (Fsp3) is 0.250. The summed E-state index contributed by atoms with van der Waals surface area (Å²) in [4.78, 5) is 31.1. The molecule has 0 spiro atoms. The number of rotatable bonds is 4.